The molecule has 1 aromatic carbocycles. The summed E-state index contributed by atoms with van der Waals surface area (Å²) in [5.41, 5.74) is 5.69. The van der Waals surface area contributed by atoms with E-state index in [1.165, 1.54) is 29.1 Å². The number of hydrogen-bond donors (Lipinski definition) is 2. The van der Waals surface area contributed by atoms with Gasteiger partial charge in [-0.25, -0.2) is 13.0 Å². The van der Waals surface area contributed by atoms with Crippen LogP contribution in [-0.4, -0.2) is 52.8 Å². The average Bonchev–Trinajstić information content (AvgIpc) is 3.19. The van der Waals surface area contributed by atoms with Crippen LogP contribution in [0.4, 0.5) is 11.6 Å². The van der Waals surface area contributed by atoms with Crippen molar-refractivity contribution in [2.75, 3.05) is 18.8 Å². The Morgan fingerprint density at radius 1 is 1.36 bits per heavy atom. The second kappa shape index (κ2) is 10.2. The number of nitrogens with one attached hydrogen (secondary N) is 1. The number of halogens is 2. The molecule has 1 fully saturated rings. The molecule has 0 saturated carbocycles. The number of carbonyl (C=O) groups excluding carboxylic acids is 1. The molecule has 1 amide bonds. The molecule has 1 unspecified atom stereocenters. The van der Waals surface area contributed by atoms with Gasteiger partial charge in [-0.05, 0) is 35.8 Å². The van der Waals surface area contributed by atoms with Crippen molar-refractivity contribution in [3.8, 4) is 0 Å². The lowest BCUT2D eigenvalue weighted by Gasteiger charge is -2.33. The Labute approximate surface area is 201 Å². The molecule has 3 rings (SSSR count). The Balaban J connectivity index is 1.88. The van der Waals surface area contributed by atoms with Crippen molar-refractivity contribution in [1.29, 1.82) is 0 Å². The smallest absolute Gasteiger partial charge is 0.398 e. The highest BCUT2D eigenvalue weighted by Crippen LogP contribution is 2.31. The summed E-state index contributed by atoms with van der Waals surface area (Å²) in [6.45, 7) is 3.06. The van der Waals surface area contributed by atoms with Crippen LogP contribution in [0.3, 0.4) is 0 Å². The highest BCUT2D eigenvalue weighted by Gasteiger charge is 2.33. The topological polar surface area (TPSA) is 153 Å². The third kappa shape index (κ3) is 5.94. The largest absolute Gasteiger partial charge is 0.434 e. The maximum atomic E-state index is 13.3. The SMILES string of the molecule is CC1CCN(C(=O)C(CCn2ccnc2[N+](=O)[O-])NS(=O)(=O)c2c(N)cc(Cl)cc2Cl)CC1. The fraction of sp³-hybridized carbons (Fsp3) is 0.474. The van der Waals surface area contributed by atoms with E-state index in [2.05, 4.69) is 16.6 Å². The van der Waals surface area contributed by atoms with Gasteiger partial charge >= 0.3 is 5.95 Å². The van der Waals surface area contributed by atoms with Gasteiger partial charge in [0.1, 0.15) is 23.3 Å². The second-order valence-electron chi connectivity index (χ2n) is 7.95. The highest BCUT2D eigenvalue weighted by atomic mass is 35.5. The van der Waals surface area contributed by atoms with Crippen molar-refractivity contribution in [2.24, 2.45) is 5.92 Å². The number of carbonyl (C=O) groups is 1. The van der Waals surface area contributed by atoms with Crippen LogP contribution in [0.15, 0.2) is 29.4 Å². The minimum Gasteiger partial charge on any atom is -0.398 e. The number of piperidine rings is 1. The first kappa shape index (κ1) is 25.2. The van der Waals surface area contributed by atoms with Crippen molar-refractivity contribution in [2.45, 2.75) is 43.7 Å². The Hall–Kier alpha value is -2.41. The van der Waals surface area contributed by atoms with Crippen LogP contribution >= 0.6 is 23.2 Å². The minimum atomic E-state index is -4.32. The van der Waals surface area contributed by atoms with E-state index in [4.69, 9.17) is 28.9 Å². The molecule has 11 nitrogen and oxygen atoms in total. The van der Waals surface area contributed by atoms with Crippen LogP contribution in [0.2, 0.25) is 10.0 Å². The first-order chi connectivity index (χ1) is 15.5. The van der Waals surface area contributed by atoms with E-state index >= 15 is 0 Å². The van der Waals surface area contributed by atoms with Gasteiger partial charge in [0.2, 0.25) is 15.9 Å². The van der Waals surface area contributed by atoms with Gasteiger partial charge in [0.05, 0.1) is 17.3 Å². The van der Waals surface area contributed by atoms with Crippen LogP contribution in [0.25, 0.3) is 0 Å². The summed E-state index contributed by atoms with van der Waals surface area (Å²) in [6.07, 6.45) is 4.21. The van der Waals surface area contributed by atoms with Crippen LogP contribution in [0.1, 0.15) is 26.2 Å². The van der Waals surface area contributed by atoms with Crippen molar-refractivity contribution in [3.05, 3.63) is 44.7 Å². The predicted molar refractivity (Wildman–Crippen MR) is 123 cm³/mol. The quantitative estimate of drug-likeness (QED) is 0.309. The van der Waals surface area contributed by atoms with Gasteiger partial charge in [0, 0.05) is 24.5 Å². The monoisotopic (exact) mass is 518 g/mol. The molecule has 1 saturated heterocycles. The number of hydrogen-bond acceptors (Lipinski definition) is 7. The zero-order chi connectivity index (χ0) is 24.3. The van der Waals surface area contributed by atoms with Gasteiger partial charge in [-0.1, -0.05) is 35.1 Å². The number of sulfonamides is 1. The molecule has 0 aliphatic carbocycles. The number of nitrogen functional groups attached to an aromatic ring is 1. The molecule has 1 aliphatic heterocycles. The number of nitro groups is 1. The zero-order valence-electron chi connectivity index (χ0n) is 17.8. The van der Waals surface area contributed by atoms with Crippen LogP contribution in [0, 0.1) is 16.0 Å². The Morgan fingerprint density at radius 3 is 2.64 bits per heavy atom. The first-order valence-corrected chi connectivity index (χ1v) is 12.4. The minimum absolute atomic E-state index is 0.0106. The zero-order valence-corrected chi connectivity index (χ0v) is 20.1. The summed E-state index contributed by atoms with van der Waals surface area (Å²) < 4.78 is 30.0. The molecule has 1 aliphatic rings. The van der Waals surface area contributed by atoms with E-state index < -0.39 is 32.8 Å². The van der Waals surface area contributed by atoms with Crippen LogP contribution in [0.5, 0.6) is 0 Å². The Kier molecular flexibility index (Phi) is 7.83. The number of likely N-dealkylation sites (tertiary alicyclic amines) is 1. The molecule has 1 aromatic heterocycles. The third-order valence-electron chi connectivity index (χ3n) is 5.51. The van der Waals surface area contributed by atoms with Crippen molar-refractivity contribution in [1.82, 2.24) is 19.2 Å². The molecule has 2 heterocycles. The van der Waals surface area contributed by atoms with Gasteiger partial charge < -0.3 is 20.7 Å². The lowest BCUT2D eigenvalue weighted by atomic mass is 9.98. The molecule has 0 spiro atoms. The summed E-state index contributed by atoms with van der Waals surface area (Å²) in [7, 11) is -4.32. The number of benzene rings is 1. The summed E-state index contributed by atoms with van der Waals surface area (Å²) in [6, 6.07) is 1.29. The molecule has 1 atom stereocenters. The number of aromatic nitrogens is 2. The second-order valence-corrected chi connectivity index (χ2v) is 10.4. The van der Waals surface area contributed by atoms with E-state index in [-0.39, 0.29) is 33.6 Å². The lowest BCUT2D eigenvalue weighted by Crippen LogP contribution is -2.51. The number of imidazole rings is 1. The summed E-state index contributed by atoms with van der Waals surface area (Å²) >= 11 is 12.0. The van der Waals surface area contributed by atoms with Gasteiger partial charge in [0.25, 0.3) is 0 Å². The van der Waals surface area contributed by atoms with Crippen LogP contribution < -0.4 is 10.5 Å². The molecule has 2 aromatic rings. The molecule has 33 heavy (non-hydrogen) atoms. The Morgan fingerprint density at radius 2 is 2.03 bits per heavy atom. The number of aryl methyl sites for hydroxylation is 1. The van der Waals surface area contributed by atoms with Gasteiger partial charge in [-0.15, -0.1) is 0 Å². The number of nitrogens with two attached hydrogens (primary N) is 1. The molecular formula is C19H24Cl2N6O5S. The summed E-state index contributed by atoms with van der Waals surface area (Å²) in [5, 5.41) is 11.1. The van der Waals surface area contributed by atoms with E-state index in [9.17, 15) is 23.3 Å². The lowest BCUT2D eigenvalue weighted by molar-refractivity contribution is -0.396. The van der Waals surface area contributed by atoms with Gasteiger partial charge in [-0.3, -0.25) is 4.79 Å². The fourth-order valence-electron chi connectivity index (χ4n) is 3.71. The molecule has 0 radical (unpaired) electrons. The fourth-order valence-corrected chi connectivity index (χ4v) is 5.92. The summed E-state index contributed by atoms with van der Waals surface area (Å²) in [4.78, 5) is 28.7. The molecule has 14 heteroatoms. The number of amides is 1. The van der Waals surface area contributed by atoms with Crippen LogP contribution in [-0.2, 0) is 21.4 Å². The van der Waals surface area contributed by atoms with Crippen molar-refractivity contribution in [3.63, 3.8) is 0 Å². The number of anilines is 1. The van der Waals surface area contributed by atoms with E-state index in [1.54, 1.807) is 4.90 Å². The average molecular weight is 519 g/mol. The number of rotatable bonds is 8. The van der Waals surface area contributed by atoms with Gasteiger partial charge in [0.15, 0.2) is 0 Å². The molecule has 0 bridgehead atoms. The molecule has 3 N–H and O–H groups in total. The highest BCUT2D eigenvalue weighted by molar-refractivity contribution is 7.89. The van der Waals surface area contributed by atoms with Crippen molar-refractivity contribution >= 4 is 50.8 Å². The van der Waals surface area contributed by atoms with Crippen molar-refractivity contribution < 1.29 is 18.1 Å². The maximum Gasteiger partial charge on any atom is 0.434 e. The van der Waals surface area contributed by atoms with E-state index in [0.29, 0.717) is 19.0 Å². The molecule has 180 valence electrons. The van der Waals surface area contributed by atoms with Gasteiger partial charge in [-0.2, -0.15) is 4.72 Å². The summed E-state index contributed by atoms with van der Waals surface area (Å²) in [5.74, 6) is -0.358. The standard InChI is InChI=1S/C19H24Cl2N6O5S/c1-12-2-6-25(7-3-12)18(28)16(4-8-26-9-5-23-19(26)27(29)30)24-33(31,32)17-14(21)10-13(20)11-15(17)22/h5,9-12,16,24H,2-4,6-8,22H2,1H3. The maximum absolute atomic E-state index is 13.3. The normalized spacial score (nSPS) is 16.0. The predicted octanol–water partition coefficient (Wildman–Crippen LogP) is 2.68. The third-order valence-corrected chi connectivity index (χ3v) is 7.73. The van der Waals surface area contributed by atoms with E-state index in [0.717, 1.165) is 12.8 Å². The first-order valence-electron chi connectivity index (χ1n) is 10.2. The molecular weight excluding hydrogens is 495 g/mol. The Bertz CT molecular complexity index is 1120. The van der Waals surface area contributed by atoms with E-state index in [1.807, 2.05) is 0 Å². The number of nitrogens with zero attached hydrogens (tertiary/aromatic N) is 4.